The van der Waals surface area contributed by atoms with Crippen molar-refractivity contribution in [3.63, 3.8) is 0 Å². The Morgan fingerprint density at radius 3 is 2.52 bits per heavy atom. The number of nitrogens with one attached hydrogen (secondary N) is 1. The summed E-state index contributed by atoms with van der Waals surface area (Å²) in [5.74, 6) is -0.238. The fraction of sp³-hybridized carbons (Fsp3) is 0.333. The Bertz CT molecular complexity index is 833. The topological polar surface area (TPSA) is 64.6 Å². The lowest BCUT2D eigenvalue weighted by Gasteiger charge is -2.15. The summed E-state index contributed by atoms with van der Waals surface area (Å²) < 4.78 is 10.6. The lowest BCUT2D eigenvalue weighted by atomic mass is 10.0. The minimum absolute atomic E-state index is 0.189. The van der Waals surface area contributed by atoms with Gasteiger partial charge in [0, 0.05) is 10.7 Å². The number of benzene rings is 2. The molecular formula is C21H24ClNO4. The lowest BCUT2D eigenvalue weighted by molar-refractivity contribution is -0.149. The Kier molecular flexibility index (Phi) is 7.25. The van der Waals surface area contributed by atoms with E-state index in [2.05, 4.69) is 5.32 Å². The quantitative estimate of drug-likeness (QED) is 0.700. The van der Waals surface area contributed by atoms with Crippen LogP contribution in [0.4, 0.5) is 5.69 Å². The molecule has 6 heteroatoms. The maximum atomic E-state index is 11.9. The molecule has 2 rings (SSSR count). The third-order valence-corrected chi connectivity index (χ3v) is 4.33. The number of rotatable bonds is 7. The van der Waals surface area contributed by atoms with Crippen LogP contribution in [0.1, 0.15) is 36.5 Å². The standard InChI is InChI=1S/C21H24ClNO4/c1-13(2)17-10-18(22)15(4)9-19(17)26-12-21(25)27-11-20(24)23-16-7-5-6-14(3)8-16/h5-10,13H,11-12H2,1-4H3,(H,23,24). The normalized spacial score (nSPS) is 10.6. The van der Waals surface area contributed by atoms with Gasteiger partial charge in [0.05, 0.1) is 0 Å². The number of amides is 1. The molecule has 0 aliphatic heterocycles. The van der Waals surface area contributed by atoms with E-state index in [9.17, 15) is 9.59 Å². The monoisotopic (exact) mass is 389 g/mol. The Morgan fingerprint density at radius 1 is 1.11 bits per heavy atom. The number of carbonyl (C=O) groups is 2. The summed E-state index contributed by atoms with van der Waals surface area (Å²) in [6, 6.07) is 11.0. The van der Waals surface area contributed by atoms with Crippen molar-refractivity contribution in [3.05, 3.63) is 58.1 Å². The maximum Gasteiger partial charge on any atom is 0.344 e. The first-order chi connectivity index (χ1) is 12.8. The minimum atomic E-state index is -0.614. The Hall–Kier alpha value is -2.53. The molecule has 0 bridgehead atoms. The number of anilines is 1. The van der Waals surface area contributed by atoms with E-state index in [1.165, 1.54) is 0 Å². The number of hydrogen-bond acceptors (Lipinski definition) is 4. The van der Waals surface area contributed by atoms with Gasteiger partial charge in [0.2, 0.25) is 0 Å². The van der Waals surface area contributed by atoms with Gasteiger partial charge in [0.15, 0.2) is 13.2 Å². The summed E-state index contributed by atoms with van der Waals surface area (Å²) >= 11 is 6.16. The zero-order valence-corrected chi connectivity index (χ0v) is 16.7. The summed E-state index contributed by atoms with van der Waals surface area (Å²) in [7, 11) is 0. The first kappa shape index (κ1) is 20.8. The first-order valence-electron chi connectivity index (χ1n) is 8.71. The second kappa shape index (κ2) is 9.42. The number of esters is 1. The van der Waals surface area contributed by atoms with Gasteiger partial charge in [-0.2, -0.15) is 0 Å². The van der Waals surface area contributed by atoms with Crippen molar-refractivity contribution >= 4 is 29.2 Å². The van der Waals surface area contributed by atoms with Crippen LogP contribution in [0.2, 0.25) is 5.02 Å². The average Bonchev–Trinajstić information content (AvgIpc) is 2.60. The molecule has 0 fully saturated rings. The number of ether oxygens (including phenoxy) is 2. The van der Waals surface area contributed by atoms with Crippen LogP contribution in [-0.4, -0.2) is 25.1 Å². The number of halogens is 1. The smallest absolute Gasteiger partial charge is 0.344 e. The molecule has 0 spiro atoms. The van der Waals surface area contributed by atoms with E-state index in [4.69, 9.17) is 21.1 Å². The van der Waals surface area contributed by atoms with Gasteiger partial charge in [-0.1, -0.05) is 37.6 Å². The van der Waals surface area contributed by atoms with Gasteiger partial charge in [0.25, 0.3) is 5.91 Å². The van der Waals surface area contributed by atoms with Crippen molar-refractivity contribution in [1.82, 2.24) is 0 Å². The molecule has 1 N–H and O–H groups in total. The summed E-state index contributed by atoms with van der Waals surface area (Å²) in [6.45, 7) is 7.18. The van der Waals surface area contributed by atoms with Crippen molar-refractivity contribution in [2.45, 2.75) is 33.6 Å². The van der Waals surface area contributed by atoms with Crippen molar-refractivity contribution in [2.75, 3.05) is 18.5 Å². The minimum Gasteiger partial charge on any atom is -0.482 e. The second-order valence-electron chi connectivity index (χ2n) is 6.66. The molecule has 0 aromatic heterocycles. The summed E-state index contributed by atoms with van der Waals surface area (Å²) in [5.41, 5.74) is 3.46. The van der Waals surface area contributed by atoms with Crippen LogP contribution in [0.25, 0.3) is 0 Å². The van der Waals surface area contributed by atoms with Gasteiger partial charge in [0.1, 0.15) is 5.75 Å². The van der Waals surface area contributed by atoms with E-state index in [0.29, 0.717) is 16.5 Å². The largest absolute Gasteiger partial charge is 0.482 e. The van der Waals surface area contributed by atoms with Crippen LogP contribution in [0, 0.1) is 13.8 Å². The molecule has 0 saturated carbocycles. The van der Waals surface area contributed by atoms with Crippen LogP contribution in [0.15, 0.2) is 36.4 Å². The third kappa shape index (κ3) is 6.29. The summed E-state index contributed by atoms with van der Waals surface area (Å²) in [4.78, 5) is 23.8. The van der Waals surface area contributed by atoms with E-state index < -0.39 is 11.9 Å². The number of carbonyl (C=O) groups excluding carboxylic acids is 2. The molecule has 144 valence electrons. The van der Waals surface area contributed by atoms with E-state index >= 15 is 0 Å². The molecule has 0 saturated heterocycles. The number of aryl methyl sites for hydroxylation is 2. The Balaban J connectivity index is 1.86. The van der Waals surface area contributed by atoms with E-state index in [-0.39, 0.29) is 19.1 Å². The molecular weight excluding hydrogens is 366 g/mol. The van der Waals surface area contributed by atoms with Crippen LogP contribution >= 0.6 is 11.6 Å². The van der Waals surface area contributed by atoms with Crippen LogP contribution in [-0.2, 0) is 14.3 Å². The third-order valence-electron chi connectivity index (χ3n) is 3.92. The molecule has 27 heavy (non-hydrogen) atoms. The van der Waals surface area contributed by atoms with Crippen molar-refractivity contribution in [1.29, 1.82) is 0 Å². The van der Waals surface area contributed by atoms with Gasteiger partial charge < -0.3 is 14.8 Å². The highest BCUT2D eigenvalue weighted by Gasteiger charge is 2.14. The molecule has 0 radical (unpaired) electrons. The van der Waals surface area contributed by atoms with Gasteiger partial charge in [-0.15, -0.1) is 0 Å². The van der Waals surface area contributed by atoms with Crippen molar-refractivity contribution in [3.8, 4) is 5.75 Å². The van der Waals surface area contributed by atoms with Crippen LogP contribution in [0.3, 0.4) is 0 Å². The number of hydrogen-bond donors (Lipinski definition) is 1. The van der Waals surface area contributed by atoms with Crippen molar-refractivity contribution in [2.24, 2.45) is 0 Å². The summed E-state index contributed by atoms with van der Waals surface area (Å²) in [5, 5.41) is 3.33. The van der Waals surface area contributed by atoms with Gasteiger partial charge in [-0.3, -0.25) is 4.79 Å². The molecule has 1 amide bonds. The molecule has 0 heterocycles. The van der Waals surface area contributed by atoms with Crippen LogP contribution in [0.5, 0.6) is 5.75 Å². The average molecular weight is 390 g/mol. The zero-order valence-electron chi connectivity index (χ0n) is 16.0. The fourth-order valence-electron chi connectivity index (χ4n) is 2.49. The Labute approximate surface area is 164 Å². The van der Waals surface area contributed by atoms with Gasteiger partial charge in [-0.25, -0.2) is 4.79 Å². The van der Waals surface area contributed by atoms with Crippen LogP contribution < -0.4 is 10.1 Å². The first-order valence-corrected chi connectivity index (χ1v) is 9.09. The van der Waals surface area contributed by atoms with Gasteiger partial charge in [-0.05, 0) is 60.7 Å². The molecule has 0 atom stereocenters. The highest BCUT2D eigenvalue weighted by atomic mass is 35.5. The lowest BCUT2D eigenvalue weighted by Crippen LogP contribution is -2.23. The zero-order chi connectivity index (χ0) is 20.0. The maximum absolute atomic E-state index is 11.9. The second-order valence-corrected chi connectivity index (χ2v) is 7.07. The molecule has 2 aromatic rings. The van der Waals surface area contributed by atoms with E-state index in [1.54, 1.807) is 12.1 Å². The predicted octanol–water partition coefficient (Wildman–Crippen LogP) is 4.64. The fourth-order valence-corrected chi connectivity index (χ4v) is 2.66. The molecule has 0 aliphatic carbocycles. The SMILES string of the molecule is Cc1cccc(NC(=O)COC(=O)COc2cc(C)c(Cl)cc2C(C)C)c1. The Morgan fingerprint density at radius 2 is 1.85 bits per heavy atom. The molecule has 5 nitrogen and oxygen atoms in total. The highest BCUT2D eigenvalue weighted by Crippen LogP contribution is 2.31. The predicted molar refractivity (Wildman–Crippen MR) is 107 cm³/mol. The summed E-state index contributed by atoms with van der Waals surface area (Å²) in [6.07, 6.45) is 0. The highest BCUT2D eigenvalue weighted by molar-refractivity contribution is 6.31. The molecule has 0 aliphatic rings. The molecule has 2 aromatic carbocycles. The van der Waals surface area contributed by atoms with Gasteiger partial charge >= 0.3 is 5.97 Å². The van der Waals surface area contributed by atoms with E-state index in [0.717, 1.165) is 16.7 Å². The van der Waals surface area contributed by atoms with E-state index in [1.807, 2.05) is 52.0 Å². The molecule has 0 unspecified atom stereocenters. The van der Waals surface area contributed by atoms with Crippen molar-refractivity contribution < 1.29 is 19.1 Å².